The van der Waals surface area contributed by atoms with Gasteiger partial charge >= 0.3 is 0 Å². The Morgan fingerprint density at radius 1 is 1.28 bits per heavy atom. The molecule has 90 valence electrons. The molecule has 1 N–H and O–H groups in total. The van der Waals surface area contributed by atoms with E-state index in [0.717, 1.165) is 23.2 Å². The van der Waals surface area contributed by atoms with Crippen molar-refractivity contribution in [3.63, 3.8) is 0 Å². The summed E-state index contributed by atoms with van der Waals surface area (Å²) in [5, 5.41) is 1.05. The van der Waals surface area contributed by atoms with Crippen LogP contribution in [0.15, 0.2) is 43.0 Å². The third-order valence-corrected chi connectivity index (χ3v) is 2.95. The first-order chi connectivity index (χ1) is 8.88. The van der Waals surface area contributed by atoms with E-state index in [1.807, 2.05) is 24.5 Å². The first kappa shape index (κ1) is 10.8. The highest BCUT2D eigenvalue weighted by Gasteiger charge is 2.10. The van der Waals surface area contributed by atoms with Crippen LogP contribution in [-0.4, -0.2) is 22.1 Å². The number of aromatic amines is 1. The van der Waals surface area contributed by atoms with Gasteiger partial charge in [-0.2, -0.15) is 0 Å². The lowest BCUT2D eigenvalue weighted by atomic mass is 10.1. The van der Waals surface area contributed by atoms with Gasteiger partial charge < -0.3 is 9.72 Å². The molecule has 0 saturated carbocycles. The second kappa shape index (κ2) is 4.49. The monoisotopic (exact) mass is 239 g/mol. The fourth-order valence-corrected chi connectivity index (χ4v) is 2.12. The maximum absolute atomic E-state index is 5.39. The van der Waals surface area contributed by atoms with Gasteiger partial charge in [0.15, 0.2) is 0 Å². The lowest BCUT2D eigenvalue weighted by molar-refractivity contribution is 0.419. The van der Waals surface area contributed by atoms with Crippen molar-refractivity contribution in [3.8, 4) is 5.75 Å². The number of rotatable bonds is 3. The highest BCUT2D eigenvalue weighted by molar-refractivity contribution is 5.86. The molecule has 3 aromatic rings. The summed E-state index contributed by atoms with van der Waals surface area (Å²) in [6, 6.07) is 5.89. The van der Waals surface area contributed by atoms with Crippen LogP contribution in [0.3, 0.4) is 0 Å². The molecule has 18 heavy (non-hydrogen) atoms. The molecule has 4 nitrogen and oxygen atoms in total. The molecule has 0 aliphatic carbocycles. The van der Waals surface area contributed by atoms with Gasteiger partial charge in [0.1, 0.15) is 11.4 Å². The van der Waals surface area contributed by atoms with Gasteiger partial charge in [-0.3, -0.25) is 4.98 Å². The van der Waals surface area contributed by atoms with Crippen LogP contribution < -0.4 is 4.74 Å². The van der Waals surface area contributed by atoms with Crippen molar-refractivity contribution in [2.75, 3.05) is 7.11 Å². The molecule has 3 heterocycles. The summed E-state index contributed by atoms with van der Waals surface area (Å²) in [4.78, 5) is 11.6. The highest BCUT2D eigenvalue weighted by Crippen LogP contribution is 2.28. The summed E-state index contributed by atoms with van der Waals surface area (Å²) in [6.07, 6.45) is 8.19. The summed E-state index contributed by atoms with van der Waals surface area (Å²) in [5.41, 5.74) is 3.19. The predicted molar refractivity (Wildman–Crippen MR) is 69.7 cm³/mol. The van der Waals surface area contributed by atoms with Gasteiger partial charge in [-0.1, -0.05) is 6.07 Å². The van der Waals surface area contributed by atoms with Gasteiger partial charge in [0.05, 0.1) is 12.5 Å². The van der Waals surface area contributed by atoms with E-state index in [0.29, 0.717) is 0 Å². The van der Waals surface area contributed by atoms with E-state index in [4.69, 9.17) is 4.74 Å². The van der Waals surface area contributed by atoms with Crippen LogP contribution in [0.5, 0.6) is 5.75 Å². The minimum Gasteiger partial charge on any atom is -0.496 e. The Bertz CT molecular complexity index is 661. The minimum absolute atomic E-state index is 0.815. The summed E-state index contributed by atoms with van der Waals surface area (Å²) >= 11 is 0. The van der Waals surface area contributed by atoms with E-state index >= 15 is 0 Å². The van der Waals surface area contributed by atoms with Crippen molar-refractivity contribution in [2.45, 2.75) is 6.42 Å². The fraction of sp³-hybridized carbons (Fsp3) is 0.143. The molecule has 0 radical (unpaired) electrons. The number of nitrogens with zero attached hydrogens (tertiary/aromatic N) is 2. The number of aromatic nitrogens is 3. The Morgan fingerprint density at radius 3 is 3.00 bits per heavy atom. The molecule has 3 rings (SSSR count). The van der Waals surface area contributed by atoms with Crippen molar-refractivity contribution in [2.24, 2.45) is 0 Å². The summed E-state index contributed by atoms with van der Waals surface area (Å²) in [6.45, 7) is 0. The number of ether oxygens (including phenoxy) is 1. The number of pyridine rings is 2. The first-order valence-corrected chi connectivity index (χ1v) is 5.76. The Hall–Kier alpha value is -2.36. The molecule has 0 fully saturated rings. The smallest absolute Gasteiger partial charge is 0.141 e. The zero-order valence-electron chi connectivity index (χ0n) is 10.1. The Kier molecular flexibility index (Phi) is 2.68. The average molecular weight is 239 g/mol. The molecule has 0 atom stereocenters. The SMILES string of the molecule is COc1ccnc2[nH]cc(Cc3cccnc3)c12. The maximum Gasteiger partial charge on any atom is 0.141 e. The summed E-state index contributed by atoms with van der Waals surface area (Å²) in [5.74, 6) is 0.847. The Balaban J connectivity index is 2.07. The van der Waals surface area contributed by atoms with E-state index in [1.165, 1.54) is 11.1 Å². The van der Waals surface area contributed by atoms with Crippen LogP contribution in [-0.2, 0) is 6.42 Å². The third kappa shape index (κ3) is 1.82. The van der Waals surface area contributed by atoms with Gasteiger partial charge in [0, 0.05) is 31.2 Å². The topological polar surface area (TPSA) is 50.8 Å². The molecule has 4 heteroatoms. The minimum atomic E-state index is 0.815. The normalized spacial score (nSPS) is 10.7. The number of hydrogen-bond donors (Lipinski definition) is 1. The van der Waals surface area contributed by atoms with E-state index < -0.39 is 0 Å². The lowest BCUT2D eigenvalue weighted by Crippen LogP contribution is -1.90. The average Bonchev–Trinajstić information content (AvgIpc) is 2.83. The second-order valence-corrected chi connectivity index (χ2v) is 4.09. The van der Waals surface area contributed by atoms with Gasteiger partial charge in [0.2, 0.25) is 0 Å². The van der Waals surface area contributed by atoms with Crippen molar-refractivity contribution in [1.82, 2.24) is 15.0 Å². The van der Waals surface area contributed by atoms with Crippen molar-refractivity contribution in [3.05, 3.63) is 54.1 Å². The van der Waals surface area contributed by atoms with Crippen LogP contribution in [0.25, 0.3) is 11.0 Å². The zero-order valence-corrected chi connectivity index (χ0v) is 10.1. The molecule has 0 spiro atoms. The van der Waals surface area contributed by atoms with E-state index in [1.54, 1.807) is 19.5 Å². The largest absolute Gasteiger partial charge is 0.496 e. The summed E-state index contributed by atoms with van der Waals surface area (Å²) in [7, 11) is 1.68. The third-order valence-electron chi connectivity index (χ3n) is 2.95. The Morgan fingerprint density at radius 2 is 2.22 bits per heavy atom. The standard InChI is InChI=1S/C14H13N3O/c1-18-12-4-6-16-14-13(12)11(9-17-14)7-10-3-2-5-15-8-10/h2-6,8-9H,7H2,1H3,(H,16,17). The first-order valence-electron chi connectivity index (χ1n) is 5.76. The lowest BCUT2D eigenvalue weighted by Gasteiger charge is -2.04. The van der Waals surface area contributed by atoms with Gasteiger partial charge in [0.25, 0.3) is 0 Å². The molecule has 0 amide bonds. The van der Waals surface area contributed by atoms with Crippen LogP contribution in [0.1, 0.15) is 11.1 Å². The zero-order chi connectivity index (χ0) is 12.4. The molecule has 3 aromatic heterocycles. The molecule has 0 saturated heterocycles. The quantitative estimate of drug-likeness (QED) is 0.764. The van der Waals surface area contributed by atoms with Crippen molar-refractivity contribution < 1.29 is 4.74 Å². The fourth-order valence-electron chi connectivity index (χ4n) is 2.12. The number of H-pyrrole nitrogens is 1. The molecule has 0 unspecified atom stereocenters. The molecular formula is C14H13N3O. The van der Waals surface area contributed by atoms with Gasteiger partial charge in [-0.25, -0.2) is 4.98 Å². The van der Waals surface area contributed by atoms with Crippen LogP contribution in [0.4, 0.5) is 0 Å². The van der Waals surface area contributed by atoms with Gasteiger partial charge in [-0.05, 0) is 23.3 Å². The summed E-state index contributed by atoms with van der Waals surface area (Å²) < 4.78 is 5.39. The van der Waals surface area contributed by atoms with E-state index in [9.17, 15) is 0 Å². The highest BCUT2D eigenvalue weighted by atomic mass is 16.5. The second-order valence-electron chi connectivity index (χ2n) is 4.09. The van der Waals surface area contributed by atoms with Crippen LogP contribution in [0.2, 0.25) is 0 Å². The maximum atomic E-state index is 5.39. The predicted octanol–water partition coefficient (Wildman–Crippen LogP) is 2.56. The molecule has 0 aromatic carbocycles. The van der Waals surface area contributed by atoms with Gasteiger partial charge in [-0.15, -0.1) is 0 Å². The molecule has 0 aliphatic heterocycles. The molecule has 0 aliphatic rings. The number of methoxy groups -OCH3 is 1. The van der Waals surface area contributed by atoms with Crippen LogP contribution >= 0.6 is 0 Å². The van der Waals surface area contributed by atoms with Crippen molar-refractivity contribution >= 4 is 11.0 Å². The van der Waals surface area contributed by atoms with E-state index in [2.05, 4.69) is 21.0 Å². The Labute approximate surface area is 105 Å². The van der Waals surface area contributed by atoms with Crippen LogP contribution in [0, 0.1) is 0 Å². The number of hydrogen-bond acceptors (Lipinski definition) is 3. The number of nitrogens with one attached hydrogen (secondary N) is 1. The number of fused-ring (bicyclic) bond motifs is 1. The molecule has 0 bridgehead atoms. The molecular weight excluding hydrogens is 226 g/mol. The van der Waals surface area contributed by atoms with E-state index in [-0.39, 0.29) is 0 Å². The van der Waals surface area contributed by atoms with Crippen molar-refractivity contribution in [1.29, 1.82) is 0 Å².